The number of aromatic nitrogens is 2. The number of carbonyl (C=O) groups excluding carboxylic acids is 1. The lowest BCUT2D eigenvalue weighted by Gasteiger charge is -2.12. The molecule has 1 unspecified atom stereocenters. The van der Waals surface area contributed by atoms with Gasteiger partial charge in [0.2, 0.25) is 0 Å². The number of hydrogen-bond acceptors (Lipinski definition) is 4. The normalized spacial score (nSPS) is 12.3. The zero-order valence-corrected chi connectivity index (χ0v) is 10.9. The molecular formula is C13H18N4O2. The highest BCUT2D eigenvalue weighted by Crippen LogP contribution is 2.07. The summed E-state index contributed by atoms with van der Waals surface area (Å²) >= 11 is 0. The van der Waals surface area contributed by atoms with Crippen molar-refractivity contribution in [1.82, 2.24) is 15.1 Å². The minimum Gasteiger partial charge on any atom is -0.467 e. The maximum Gasteiger partial charge on any atom is 0.254 e. The quantitative estimate of drug-likeness (QED) is 0.813. The highest BCUT2D eigenvalue weighted by atomic mass is 16.3. The van der Waals surface area contributed by atoms with Crippen molar-refractivity contribution in [3.8, 4) is 0 Å². The van der Waals surface area contributed by atoms with Crippen molar-refractivity contribution in [2.45, 2.75) is 20.0 Å². The van der Waals surface area contributed by atoms with Gasteiger partial charge in [0, 0.05) is 25.5 Å². The van der Waals surface area contributed by atoms with Gasteiger partial charge in [0.1, 0.15) is 12.0 Å². The molecule has 2 heterocycles. The van der Waals surface area contributed by atoms with E-state index >= 15 is 0 Å². The van der Waals surface area contributed by atoms with Crippen LogP contribution >= 0.6 is 0 Å². The summed E-state index contributed by atoms with van der Waals surface area (Å²) in [6, 6.07) is 3.54. The van der Waals surface area contributed by atoms with Gasteiger partial charge in [-0.2, -0.15) is 5.10 Å². The van der Waals surface area contributed by atoms with E-state index in [1.807, 2.05) is 16.9 Å². The molecule has 0 saturated heterocycles. The first-order valence-corrected chi connectivity index (χ1v) is 6.22. The second-order valence-corrected chi connectivity index (χ2v) is 4.55. The van der Waals surface area contributed by atoms with Crippen molar-refractivity contribution in [2.24, 2.45) is 11.7 Å². The third-order valence-electron chi connectivity index (χ3n) is 2.79. The third-order valence-corrected chi connectivity index (χ3v) is 2.79. The molecule has 1 atom stereocenters. The molecule has 2 rings (SSSR count). The average Bonchev–Trinajstić information content (AvgIpc) is 3.06. The monoisotopic (exact) mass is 262 g/mol. The third kappa shape index (κ3) is 3.69. The van der Waals surface area contributed by atoms with Gasteiger partial charge >= 0.3 is 0 Å². The molecule has 0 fully saturated rings. The Bertz CT molecular complexity index is 518. The molecule has 102 valence electrons. The highest BCUT2D eigenvalue weighted by Gasteiger charge is 2.11. The molecule has 19 heavy (non-hydrogen) atoms. The van der Waals surface area contributed by atoms with E-state index in [-0.39, 0.29) is 5.91 Å². The molecular weight excluding hydrogens is 244 g/mol. The lowest BCUT2D eigenvalue weighted by molar-refractivity contribution is 0.0946. The van der Waals surface area contributed by atoms with Gasteiger partial charge in [0.05, 0.1) is 12.1 Å². The Balaban J connectivity index is 1.79. The summed E-state index contributed by atoms with van der Waals surface area (Å²) in [5.41, 5.74) is 5.93. The minimum absolute atomic E-state index is 0.143. The van der Waals surface area contributed by atoms with Gasteiger partial charge in [-0.05, 0) is 18.1 Å². The fourth-order valence-electron chi connectivity index (χ4n) is 1.77. The van der Waals surface area contributed by atoms with Crippen LogP contribution in [0, 0.1) is 5.92 Å². The number of nitrogens with zero attached hydrogens (tertiary/aromatic N) is 2. The van der Waals surface area contributed by atoms with E-state index < -0.39 is 0 Å². The second-order valence-electron chi connectivity index (χ2n) is 4.55. The standard InChI is InChI=1S/C13H18N4O2/c1-10(8-17-4-2-3-16-17)7-15-13(18)11-5-12(6-14)19-9-11/h2-5,9-10H,6-8,14H2,1H3,(H,15,18). The summed E-state index contributed by atoms with van der Waals surface area (Å²) in [5, 5.41) is 7.00. The number of nitrogens with one attached hydrogen (secondary N) is 1. The number of rotatable bonds is 6. The fourth-order valence-corrected chi connectivity index (χ4v) is 1.77. The van der Waals surface area contributed by atoms with Crippen LogP contribution in [0.1, 0.15) is 23.0 Å². The van der Waals surface area contributed by atoms with Gasteiger partial charge in [-0.3, -0.25) is 9.48 Å². The van der Waals surface area contributed by atoms with E-state index in [9.17, 15) is 4.79 Å². The molecule has 0 aliphatic heterocycles. The molecule has 2 aromatic heterocycles. The van der Waals surface area contributed by atoms with E-state index in [1.54, 1.807) is 12.3 Å². The Morgan fingerprint density at radius 1 is 1.63 bits per heavy atom. The Hall–Kier alpha value is -2.08. The van der Waals surface area contributed by atoms with E-state index in [0.717, 1.165) is 6.54 Å². The predicted molar refractivity (Wildman–Crippen MR) is 70.3 cm³/mol. The van der Waals surface area contributed by atoms with Gasteiger partial charge < -0.3 is 15.5 Å². The number of furan rings is 1. The van der Waals surface area contributed by atoms with Crippen molar-refractivity contribution in [2.75, 3.05) is 6.54 Å². The zero-order chi connectivity index (χ0) is 13.7. The Morgan fingerprint density at radius 2 is 2.47 bits per heavy atom. The van der Waals surface area contributed by atoms with Crippen LogP contribution in [0.2, 0.25) is 0 Å². The predicted octanol–water partition coefficient (Wildman–Crippen LogP) is 1.00. The molecule has 0 aliphatic carbocycles. The molecule has 1 amide bonds. The number of nitrogens with two attached hydrogens (primary N) is 1. The van der Waals surface area contributed by atoms with Gasteiger partial charge in [-0.1, -0.05) is 6.92 Å². The summed E-state index contributed by atoms with van der Waals surface area (Å²) in [4.78, 5) is 11.8. The summed E-state index contributed by atoms with van der Waals surface area (Å²) < 4.78 is 6.98. The lowest BCUT2D eigenvalue weighted by atomic mass is 10.2. The van der Waals surface area contributed by atoms with Gasteiger partial charge in [-0.15, -0.1) is 0 Å². The first-order valence-electron chi connectivity index (χ1n) is 6.22. The smallest absolute Gasteiger partial charge is 0.254 e. The van der Waals surface area contributed by atoms with Crippen LogP contribution in [0.5, 0.6) is 0 Å². The second kappa shape index (κ2) is 6.19. The van der Waals surface area contributed by atoms with Gasteiger partial charge in [0.15, 0.2) is 0 Å². The maximum absolute atomic E-state index is 11.8. The summed E-state index contributed by atoms with van der Waals surface area (Å²) in [6.07, 6.45) is 5.07. The van der Waals surface area contributed by atoms with E-state index in [2.05, 4.69) is 17.3 Å². The first-order chi connectivity index (χ1) is 9.19. The molecule has 2 aromatic rings. The van der Waals surface area contributed by atoms with Crippen LogP contribution in [0.25, 0.3) is 0 Å². The summed E-state index contributed by atoms with van der Waals surface area (Å²) in [7, 11) is 0. The first kappa shape index (κ1) is 13.4. The number of hydrogen-bond donors (Lipinski definition) is 2. The minimum atomic E-state index is -0.143. The van der Waals surface area contributed by atoms with Crippen molar-refractivity contribution in [1.29, 1.82) is 0 Å². The van der Waals surface area contributed by atoms with E-state index in [0.29, 0.717) is 30.3 Å². The molecule has 0 spiro atoms. The Morgan fingerprint density at radius 3 is 3.11 bits per heavy atom. The van der Waals surface area contributed by atoms with Gasteiger partial charge in [-0.25, -0.2) is 0 Å². The summed E-state index contributed by atoms with van der Waals surface area (Å²) in [5.74, 6) is 0.759. The summed E-state index contributed by atoms with van der Waals surface area (Å²) in [6.45, 7) is 3.71. The molecule has 6 heteroatoms. The van der Waals surface area contributed by atoms with Crippen molar-refractivity contribution in [3.63, 3.8) is 0 Å². The maximum atomic E-state index is 11.8. The SMILES string of the molecule is CC(CNC(=O)c1coc(CN)c1)Cn1cccn1. The highest BCUT2D eigenvalue weighted by molar-refractivity contribution is 5.93. The molecule has 0 radical (unpaired) electrons. The molecule has 0 bridgehead atoms. The van der Waals surface area contributed by atoms with Crippen molar-refractivity contribution < 1.29 is 9.21 Å². The lowest BCUT2D eigenvalue weighted by Crippen LogP contribution is -2.29. The van der Waals surface area contributed by atoms with Crippen LogP contribution < -0.4 is 11.1 Å². The van der Waals surface area contributed by atoms with Crippen LogP contribution in [-0.2, 0) is 13.1 Å². The molecule has 0 saturated carbocycles. The van der Waals surface area contributed by atoms with Crippen LogP contribution in [0.15, 0.2) is 35.2 Å². The largest absolute Gasteiger partial charge is 0.467 e. The average molecular weight is 262 g/mol. The van der Waals surface area contributed by atoms with Crippen LogP contribution in [0.4, 0.5) is 0 Å². The molecule has 0 aliphatic rings. The number of carbonyl (C=O) groups is 1. The molecule has 0 aromatic carbocycles. The Kier molecular flexibility index (Phi) is 4.35. The Labute approximate surface area is 111 Å². The molecule has 6 nitrogen and oxygen atoms in total. The van der Waals surface area contributed by atoms with E-state index in [1.165, 1.54) is 6.26 Å². The van der Waals surface area contributed by atoms with Crippen LogP contribution in [0.3, 0.4) is 0 Å². The van der Waals surface area contributed by atoms with E-state index in [4.69, 9.17) is 10.2 Å². The fraction of sp³-hybridized carbons (Fsp3) is 0.385. The van der Waals surface area contributed by atoms with Crippen LogP contribution in [-0.4, -0.2) is 22.2 Å². The zero-order valence-electron chi connectivity index (χ0n) is 10.9. The molecule has 3 N–H and O–H groups in total. The number of amides is 1. The van der Waals surface area contributed by atoms with Crippen molar-refractivity contribution >= 4 is 5.91 Å². The van der Waals surface area contributed by atoms with Crippen molar-refractivity contribution in [3.05, 3.63) is 42.1 Å². The topological polar surface area (TPSA) is 86.1 Å². The van der Waals surface area contributed by atoms with Gasteiger partial charge in [0.25, 0.3) is 5.91 Å².